The molecule has 8 heteroatoms. The molecule has 24 heavy (non-hydrogen) atoms. The van der Waals surface area contributed by atoms with E-state index in [1.54, 1.807) is 19.1 Å². The summed E-state index contributed by atoms with van der Waals surface area (Å²) in [5, 5.41) is 12.5. The van der Waals surface area contributed by atoms with Crippen molar-refractivity contribution in [2.24, 2.45) is 0 Å². The molecule has 0 aliphatic rings. The molecule has 0 unspecified atom stereocenters. The van der Waals surface area contributed by atoms with Crippen LogP contribution in [0.15, 0.2) is 22.7 Å². The first-order valence-electron chi connectivity index (χ1n) is 7.45. The number of aryl methyl sites for hydroxylation is 2. The van der Waals surface area contributed by atoms with Crippen LogP contribution in [0, 0.1) is 12.7 Å². The Morgan fingerprint density at radius 2 is 2.12 bits per heavy atom. The van der Waals surface area contributed by atoms with Crippen molar-refractivity contribution >= 4 is 18.4 Å². The van der Waals surface area contributed by atoms with Crippen LogP contribution in [0.2, 0.25) is 0 Å². The Morgan fingerprint density at radius 1 is 1.38 bits per heavy atom. The number of aliphatic carboxylic acids is 1. The molecule has 0 fully saturated rings. The number of carboxylic acids is 1. The van der Waals surface area contributed by atoms with Crippen molar-refractivity contribution in [2.45, 2.75) is 26.2 Å². The van der Waals surface area contributed by atoms with Crippen molar-refractivity contribution < 1.29 is 18.8 Å². The van der Waals surface area contributed by atoms with Gasteiger partial charge in [-0.15, -0.1) is 12.4 Å². The van der Waals surface area contributed by atoms with Crippen molar-refractivity contribution in [3.8, 4) is 11.4 Å². The van der Waals surface area contributed by atoms with E-state index in [0.29, 0.717) is 35.8 Å². The monoisotopic (exact) mass is 357 g/mol. The molecule has 0 radical (unpaired) electrons. The average molecular weight is 358 g/mol. The van der Waals surface area contributed by atoms with E-state index in [-0.39, 0.29) is 24.6 Å². The van der Waals surface area contributed by atoms with Gasteiger partial charge in [0.2, 0.25) is 11.7 Å². The number of halogens is 2. The van der Waals surface area contributed by atoms with Crippen LogP contribution >= 0.6 is 12.4 Å². The number of hydrogen-bond donors (Lipinski definition) is 1. The summed E-state index contributed by atoms with van der Waals surface area (Å²) < 4.78 is 18.7. The molecule has 0 aliphatic carbocycles. The summed E-state index contributed by atoms with van der Waals surface area (Å²) in [6.07, 6.45) is 1.50. The molecule has 0 aliphatic heterocycles. The fourth-order valence-electron chi connectivity index (χ4n) is 2.10. The van der Waals surface area contributed by atoms with E-state index in [1.165, 1.54) is 6.07 Å². The minimum atomic E-state index is -0.802. The highest BCUT2D eigenvalue weighted by atomic mass is 35.5. The van der Waals surface area contributed by atoms with E-state index in [9.17, 15) is 9.18 Å². The van der Waals surface area contributed by atoms with E-state index in [4.69, 9.17) is 9.63 Å². The summed E-state index contributed by atoms with van der Waals surface area (Å²) in [6, 6.07) is 4.83. The summed E-state index contributed by atoms with van der Waals surface area (Å²) in [4.78, 5) is 16.7. The highest BCUT2D eigenvalue weighted by molar-refractivity contribution is 5.85. The quantitative estimate of drug-likeness (QED) is 0.782. The molecular formula is C16H21ClFN3O3. The van der Waals surface area contributed by atoms with Crippen LogP contribution in [-0.4, -0.2) is 46.3 Å². The van der Waals surface area contributed by atoms with E-state index in [0.717, 1.165) is 13.0 Å². The number of benzene rings is 1. The number of carbonyl (C=O) groups is 1. The van der Waals surface area contributed by atoms with Gasteiger partial charge >= 0.3 is 5.97 Å². The first-order valence-corrected chi connectivity index (χ1v) is 7.45. The Labute approximate surface area is 146 Å². The first kappa shape index (κ1) is 20.1. The van der Waals surface area contributed by atoms with E-state index in [2.05, 4.69) is 10.1 Å². The molecule has 1 aromatic carbocycles. The lowest BCUT2D eigenvalue weighted by atomic mass is 10.1. The second-order valence-corrected chi connectivity index (χ2v) is 5.53. The van der Waals surface area contributed by atoms with Gasteiger partial charge in [0.15, 0.2) is 0 Å². The number of rotatable bonds is 8. The van der Waals surface area contributed by atoms with Crippen LogP contribution in [0.3, 0.4) is 0 Å². The lowest BCUT2D eigenvalue weighted by molar-refractivity contribution is -0.137. The molecule has 1 aromatic heterocycles. The third kappa shape index (κ3) is 5.90. The molecule has 0 bridgehead atoms. The Hall–Kier alpha value is -1.99. The third-order valence-corrected chi connectivity index (χ3v) is 3.54. The van der Waals surface area contributed by atoms with Crippen LogP contribution in [0.5, 0.6) is 0 Å². The maximum absolute atomic E-state index is 13.6. The van der Waals surface area contributed by atoms with Gasteiger partial charge in [0, 0.05) is 18.5 Å². The van der Waals surface area contributed by atoms with E-state index < -0.39 is 5.97 Å². The lowest BCUT2D eigenvalue weighted by Crippen LogP contribution is -2.23. The molecule has 1 N–H and O–H groups in total. The zero-order valence-electron chi connectivity index (χ0n) is 13.7. The van der Waals surface area contributed by atoms with Crippen molar-refractivity contribution in [1.29, 1.82) is 0 Å². The van der Waals surface area contributed by atoms with Gasteiger partial charge in [-0.2, -0.15) is 4.98 Å². The summed E-state index contributed by atoms with van der Waals surface area (Å²) >= 11 is 0. The molecule has 0 saturated carbocycles. The topological polar surface area (TPSA) is 79.5 Å². The Balaban J connectivity index is 0.00000288. The highest BCUT2D eigenvalue weighted by Gasteiger charge is 2.11. The minimum Gasteiger partial charge on any atom is -0.481 e. The maximum Gasteiger partial charge on any atom is 0.304 e. The number of nitrogens with zero attached hydrogens (tertiary/aromatic N) is 3. The second-order valence-electron chi connectivity index (χ2n) is 5.53. The summed E-state index contributed by atoms with van der Waals surface area (Å²) in [7, 11) is 1.87. The standard InChI is InChI=1S/C16H20FN3O3.ClH/c1-11-5-6-12(10-13(11)17)16-18-14(23-19-16)4-3-8-20(2)9-7-15(21)22;/h5-6,10H,3-4,7-9H2,1-2H3,(H,21,22);1H. The maximum atomic E-state index is 13.6. The number of aromatic nitrogens is 2. The van der Waals surface area contributed by atoms with E-state index >= 15 is 0 Å². The largest absolute Gasteiger partial charge is 0.481 e. The van der Waals surface area contributed by atoms with Gasteiger partial charge in [0.1, 0.15) is 5.82 Å². The molecule has 6 nitrogen and oxygen atoms in total. The zero-order valence-corrected chi connectivity index (χ0v) is 14.5. The molecule has 0 amide bonds. The minimum absolute atomic E-state index is 0. The molecule has 0 spiro atoms. The first-order chi connectivity index (χ1) is 11.0. The van der Waals surface area contributed by atoms with Gasteiger partial charge in [0.25, 0.3) is 0 Å². The van der Waals surface area contributed by atoms with Crippen LogP contribution in [0.4, 0.5) is 4.39 Å². The van der Waals surface area contributed by atoms with Crippen molar-refractivity contribution in [3.05, 3.63) is 35.5 Å². The second kappa shape index (κ2) is 9.34. The normalized spacial score (nSPS) is 10.7. The molecule has 0 atom stereocenters. The molecule has 1 heterocycles. The smallest absolute Gasteiger partial charge is 0.304 e. The highest BCUT2D eigenvalue weighted by Crippen LogP contribution is 2.19. The van der Waals surface area contributed by atoms with Crippen LogP contribution in [0.25, 0.3) is 11.4 Å². The predicted molar refractivity (Wildman–Crippen MR) is 89.7 cm³/mol. The van der Waals surface area contributed by atoms with E-state index in [1.807, 2.05) is 11.9 Å². The fourth-order valence-corrected chi connectivity index (χ4v) is 2.10. The number of carboxylic acid groups (broad SMARTS) is 1. The molecule has 2 rings (SSSR count). The summed E-state index contributed by atoms with van der Waals surface area (Å²) in [6.45, 7) is 2.94. The zero-order chi connectivity index (χ0) is 16.8. The number of hydrogen-bond acceptors (Lipinski definition) is 5. The molecule has 2 aromatic rings. The van der Waals surface area contributed by atoms with Gasteiger partial charge in [0.05, 0.1) is 6.42 Å². The Morgan fingerprint density at radius 3 is 2.79 bits per heavy atom. The van der Waals surface area contributed by atoms with Crippen molar-refractivity contribution in [3.63, 3.8) is 0 Å². The Kier molecular flexibility index (Phi) is 7.81. The molecule has 132 valence electrons. The van der Waals surface area contributed by atoms with Crippen molar-refractivity contribution in [1.82, 2.24) is 15.0 Å². The fraction of sp³-hybridized carbons (Fsp3) is 0.438. The van der Waals surface area contributed by atoms with Gasteiger partial charge < -0.3 is 14.5 Å². The van der Waals surface area contributed by atoms with Crippen LogP contribution in [-0.2, 0) is 11.2 Å². The SMILES string of the molecule is Cc1ccc(-c2noc(CCCN(C)CCC(=O)O)n2)cc1F.Cl. The average Bonchev–Trinajstić information content (AvgIpc) is 2.97. The molecule has 0 saturated heterocycles. The summed E-state index contributed by atoms with van der Waals surface area (Å²) in [5.41, 5.74) is 1.16. The van der Waals surface area contributed by atoms with Gasteiger partial charge in [-0.3, -0.25) is 4.79 Å². The van der Waals surface area contributed by atoms with Gasteiger partial charge in [-0.05, 0) is 38.6 Å². The molecular weight excluding hydrogens is 337 g/mol. The van der Waals surface area contributed by atoms with Crippen LogP contribution < -0.4 is 0 Å². The van der Waals surface area contributed by atoms with Crippen LogP contribution in [0.1, 0.15) is 24.3 Å². The van der Waals surface area contributed by atoms with Gasteiger partial charge in [-0.1, -0.05) is 17.3 Å². The third-order valence-electron chi connectivity index (χ3n) is 3.54. The van der Waals surface area contributed by atoms with Crippen molar-refractivity contribution in [2.75, 3.05) is 20.1 Å². The Bertz CT molecular complexity index is 678. The summed E-state index contributed by atoms with van der Waals surface area (Å²) in [5.74, 6) is -0.233. The lowest BCUT2D eigenvalue weighted by Gasteiger charge is -2.14. The predicted octanol–water partition coefficient (Wildman–Crippen LogP) is 2.95. The van der Waals surface area contributed by atoms with Gasteiger partial charge in [-0.25, -0.2) is 4.39 Å².